The predicted molar refractivity (Wildman–Crippen MR) is 62.8 cm³/mol. The molecule has 1 N–H and O–H groups in total. The van der Waals surface area contributed by atoms with Crippen LogP contribution in [0, 0.1) is 23.3 Å². The minimum absolute atomic E-state index is 0.299. The number of hydrogen-bond donors (Lipinski definition) is 1. The van der Waals surface area contributed by atoms with E-state index in [0.717, 1.165) is 17.7 Å². The fraction of sp³-hybridized carbons (Fsp3) is 0.143. The lowest BCUT2D eigenvalue weighted by Gasteiger charge is -2.12. The summed E-state index contributed by atoms with van der Waals surface area (Å²) in [6.45, 7) is 0. The summed E-state index contributed by atoms with van der Waals surface area (Å²) in [6.07, 6.45) is 0.472. The molecule has 1 nitrogen and oxygen atoms in total. The van der Waals surface area contributed by atoms with Crippen LogP contribution < -0.4 is 5.32 Å². The van der Waals surface area contributed by atoms with E-state index in [1.54, 1.807) is 6.07 Å². The topological polar surface area (TPSA) is 12.0 Å². The van der Waals surface area contributed by atoms with E-state index < -0.39 is 17.5 Å². The van der Waals surface area contributed by atoms with Gasteiger partial charge >= 0.3 is 0 Å². The summed E-state index contributed by atoms with van der Waals surface area (Å²) in [5, 5.41) is 2.97. The largest absolute Gasteiger partial charge is 0.378 e. The highest BCUT2D eigenvalue weighted by Crippen LogP contribution is 2.35. The second kappa shape index (κ2) is 4.26. The van der Waals surface area contributed by atoms with Crippen LogP contribution in [-0.2, 0) is 6.42 Å². The van der Waals surface area contributed by atoms with E-state index >= 15 is 0 Å². The Kier molecular flexibility index (Phi) is 2.69. The van der Waals surface area contributed by atoms with Crippen molar-refractivity contribution in [3.63, 3.8) is 0 Å². The Bertz CT molecular complexity index is 631. The van der Waals surface area contributed by atoms with Crippen molar-refractivity contribution in [2.45, 2.75) is 12.5 Å². The van der Waals surface area contributed by atoms with Gasteiger partial charge in [-0.3, -0.25) is 0 Å². The molecule has 1 unspecified atom stereocenters. The normalized spacial score (nSPS) is 17.2. The first kappa shape index (κ1) is 12.0. The summed E-state index contributed by atoms with van der Waals surface area (Å²) >= 11 is 0. The van der Waals surface area contributed by atoms with Gasteiger partial charge in [-0.1, -0.05) is 6.07 Å². The number of halogens is 4. The van der Waals surface area contributed by atoms with Crippen LogP contribution in [0.3, 0.4) is 0 Å². The van der Waals surface area contributed by atoms with E-state index in [0.29, 0.717) is 17.7 Å². The van der Waals surface area contributed by atoms with E-state index in [1.165, 1.54) is 12.1 Å². The zero-order valence-corrected chi connectivity index (χ0v) is 9.68. The second-order valence-corrected chi connectivity index (χ2v) is 4.50. The van der Waals surface area contributed by atoms with Gasteiger partial charge in [-0.2, -0.15) is 0 Å². The van der Waals surface area contributed by atoms with Crippen molar-refractivity contribution in [1.82, 2.24) is 0 Å². The van der Waals surface area contributed by atoms with E-state index in [2.05, 4.69) is 5.32 Å². The number of fused-ring (bicyclic) bond motifs is 1. The van der Waals surface area contributed by atoms with Gasteiger partial charge in [0.15, 0.2) is 17.5 Å². The summed E-state index contributed by atoms with van der Waals surface area (Å²) in [4.78, 5) is 0. The molecule has 0 saturated carbocycles. The molecular weight excluding hydrogens is 258 g/mol. The van der Waals surface area contributed by atoms with Crippen LogP contribution >= 0.6 is 0 Å². The van der Waals surface area contributed by atoms with Gasteiger partial charge in [-0.15, -0.1) is 0 Å². The average Bonchev–Trinajstić information content (AvgIpc) is 2.78. The van der Waals surface area contributed by atoms with Gasteiger partial charge in [0, 0.05) is 5.69 Å². The minimum atomic E-state index is -1.48. The maximum Gasteiger partial charge on any atom is 0.194 e. The molecule has 0 bridgehead atoms. The fourth-order valence-corrected chi connectivity index (χ4v) is 2.30. The molecule has 3 rings (SSSR count). The summed E-state index contributed by atoms with van der Waals surface area (Å²) < 4.78 is 52.3. The fourth-order valence-electron chi connectivity index (χ4n) is 2.30. The average molecular weight is 267 g/mol. The molecule has 1 atom stereocenters. The van der Waals surface area contributed by atoms with Gasteiger partial charge in [0.2, 0.25) is 0 Å². The van der Waals surface area contributed by atoms with Crippen LogP contribution in [0.25, 0.3) is 0 Å². The summed E-state index contributed by atoms with van der Waals surface area (Å²) in [5.41, 5.74) is 1.75. The number of rotatable bonds is 1. The molecule has 0 fully saturated rings. The molecule has 2 aromatic carbocycles. The monoisotopic (exact) mass is 267 g/mol. The first-order valence-corrected chi connectivity index (χ1v) is 5.74. The quantitative estimate of drug-likeness (QED) is 0.609. The van der Waals surface area contributed by atoms with Crippen molar-refractivity contribution >= 4 is 5.69 Å². The molecule has 0 saturated heterocycles. The molecule has 1 heterocycles. The molecule has 2 aromatic rings. The van der Waals surface area contributed by atoms with Crippen molar-refractivity contribution < 1.29 is 17.6 Å². The van der Waals surface area contributed by atoms with Gasteiger partial charge < -0.3 is 5.32 Å². The Labute approximate surface area is 106 Å². The van der Waals surface area contributed by atoms with E-state index in [9.17, 15) is 17.6 Å². The standard InChI is InChI=1S/C14H9F4N/c15-9-2-1-7-5-12(19-13(7)6-9)8-3-10(16)14(18)11(17)4-8/h1-4,6,12,19H,5H2. The van der Waals surface area contributed by atoms with Crippen LogP contribution in [0.5, 0.6) is 0 Å². The zero-order chi connectivity index (χ0) is 13.6. The smallest absolute Gasteiger partial charge is 0.194 e. The van der Waals surface area contributed by atoms with Crippen molar-refractivity contribution in [1.29, 1.82) is 0 Å². The molecule has 5 heteroatoms. The van der Waals surface area contributed by atoms with Crippen LogP contribution in [0.1, 0.15) is 17.2 Å². The zero-order valence-electron chi connectivity index (χ0n) is 9.68. The molecule has 0 aliphatic carbocycles. The summed E-state index contributed by atoms with van der Waals surface area (Å²) in [7, 11) is 0. The third-order valence-corrected chi connectivity index (χ3v) is 3.23. The first-order valence-electron chi connectivity index (χ1n) is 5.74. The number of nitrogens with one attached hydrogen (secondary N) is 1. The Balaban J connectivity index is 1.95. The lowest BCUT2D eigenvalue weighted by molar-refractivity contribution is 0.444. The Hall–Kier alpha value is -2.04. The van der Waals surface area contributed by atoms with Gasteiger partial charge in [0.05, 0.1) is 6.04 Å². The lowest BCUT2D eigenvalue weighted by Crippen LogP contribution is -2.07. The van der Waals surface area contributed by atoms with Crippen LogP contribution in [-0.4, -0.2) is 0 Å². The molecule has 19 heavy (non-hydrogen) atoms. The first-order chi connectivity index (χ1) is 9.04. The van der Waals surface area contributed by atoms with Gasteiger partial charge in [-0.25, -0.2) is 17.6 Å². The highest BCUT2D eigenvalue weighted by Gasteiger charge is 2.24. The van der Waals surface area contributed by atoms with Crippen LogP contribution in [0.4, 0.5) is 23.2 Å². The Morgan fingerprint density at radius 2 is 1.63 bits per heavy atom. The van der Waals surface area contributed by atoms with E-state index in [1.807, 2.05) is 0 Å². The van der Waals surface area contributed by atoms with E-state index in [-0.39, 0.29) is 11.9 Å². The van der Waals surface area contributed by atoms with Gasteiger partial charge in [0.25, 0.3) is 0 Å². The summed E-state index contributed by atoms with van der Waals surface area (Å²) in [5.74, 6) is -4.31. The lowest BCUT2D eigenvalue weighted by atomic mass is 10.0. The van der Waals surface area contributed by atoms with E-state index in [4.69, 9.17) is 0 Å². The maximum atomic E-state index is 13.2. The molecule has 0 spiro atoms. The Morgan fingerprint density at radius 1 is 0.947 bits per heavy atom. The van der Waals surface area contributed by atoms with Gasteiger partial charge in [-0.05, 0) is 41.8 Å². The minimum Gasteiger partial charge on any atom is -0.378 e. The second-order valence-electron chi connectivity index (χ2n) is 4.50. The van der Waals surface area contributed by atoms with Crippen molar-refractivity contribution in [3.05, 3.63) is 64.7 Å². The van der Waals surface area contributed by atoms with Crippen LogP contribution in [0.2, 0.25) is 0 Å². The number of hydrogen-bond acceptors (Lipinski definition) is 1. The summed E-state index contributed by atoms with van der Waals surface area (Å²) in [6, 6.07) is 5.80. The van der Waals surface area contributed by atoms with Crippen LogP contribution in [0.15, 0.2) is 30.3 Å². The Morgan fingerprint density at radius 3 is 2.32 bits per heavy atom. The predicted octanol–water partition coefficient (Wildman–Crippen LogP) is 3.95. The number of anilines is 1. The van der Waals surface area contributed by atoms with Crippen molar-refractivity contribution in [2.75, 3.05) is 5.32 Å². The third-order valence-electron chi connectivity index (χ3n) is 3.23. The molecule has 0 aromatic heterocycles. The molecule has 1 aliphatic heterocycles. The highest BCUT2D eigenvalue weighted by molar-refractivity contribution is 5.58. The SMILES string of the molecule is Fc1ccc2c(c1)NC(c1cc(F)c(F)c(F)c1)C2. The van der Waals surface area contributed by atoms with Crippen molar-refractivity contribution in [3.8, 4) is 0 Å². The third kappa shape index (κ3) is 2.05. The molecule has 0 amide bonds. The maximum absolute atomic E-state index is 13.2. The number of benzene rings is 2. The molecule has 0 radical (unpaired) electrons. The van der Waals surface area contributed by atoms with Crippen molar-refractivity contribution in [2.24, 2.45) is 0 Å². The molecule has 98 valence electrons. The molecular formula is C14H9F4N. The highest BCUT2D eigenvalue weighted by atomic mass is 19.2. The molecule has 1 aliphatic rings. The van der Waals surface area contributed by atoms with Gasteiger partial charge in [0.1, 0.15) is 5.82 Å².